The highest BCUT2D eigenvalue weighted by Crippen LogP contribution is 2.24. The molecule has 0 radical (unpaired) electrons. The van der Waals surface area contributed by atoms with Crippen LogP contribution < -0.4 is 5.32 Å². The Hall–Kier alpha value is -1.33. The number of anilines is 1. The number of carboxylic acids is 1. The van der Waals surface area contributed by atoms with Gasteiger partial charge in [0.15, 0.2) is 0 Å². The van der Waals surface area contributed by atoms with Gasteiger partial charge in [-0.15, -0.1) is 0 Å². The number of pyridine rings is 1. The molecule has 0 amide bonds. The van der Waals surface area contributed by atoms with Gasteiger partial charge in [0.1, 0.15) is 11.0 Å². The third-order valence-electron chi connectivity index (χ3n) is 3.34. The van der Waals surface area contributed by atoms with Crippen LogP contribution in [0.25, 0.3) is 0 Å². The lowest BCUT2D eigenvalue weighted by atomic mass is 10.00. The quantitative estimate of drug-likeness (QED) is 0.814. The first kappa shape index (κ1) is 14.1. The molecule has 0 aliphatic carbocycles. The molecule has 0 bridgehead atoms. The van der Waals surface area contributed by atoms with Gasteiger partial charge in [-0.1, -0.05) is 18.5 Å². The lowest BCUT2D eigenvalue weighted by Gasteiger charge is -2.17. The summed E-state index contributed by atoms with van der Waals surface area (Å²) in [4.78, 5) is 15.0. The molecule has 0 spiro atoms. The molecule has 2 heterocycles. The molecule has 104 valence electrons. The SMILES string of the molecule is CCC1OCCC1CNc1cc(C(=O)O)cc(Cl)n1. The number of halogens is 1. The summed E-state index contributed by atoms with van der Waals surface area (Å²) in [6.45, 7) is 3.60. The number of aromatic carboxylic acids is 1. The lowest BCUT2D eigenvalue weighted by Crippen LogP contribution is -2.23. The van der Waals surface area contributed by atoms with Crippen LogP contribution in [0.1, 0.15) is 30.1 Å². The van der Waals surface area contributed by atoms with E-state index in [0.29, 0.717) is 18.3 Å². The monoisotopic (exact) mass is 284 g/mol. The van der Waals surface area contributed by atoms with Crippen molar-refractivity contribution in [3.8, 4) is 0 Å². The second-order valence-corrected chi connectivity index (χ2v) is 5.00. The van der Waals surface area contributed by atoms with Crippen molar-refractivity contribution in [1.82, 2.24) is 4.98 Å². The Balaban J connectivity index is 2.01. The van der Waals surface area contributed by atoms with Crippen molar-refractivity contribution in [3.63, 3.8) is 0 Å². The third kappa shape index (κ3) is 3.58. The van der Waals surface area contributed by atoms with Crippen molar-refractivity contribution < 1.29 is 14.6 Å². The molecule has 2 N–H and O–H groups in total. The fraction of sp³-hybridized carbons (Fsp3) is 0.538. The van der Waals surface area contributed by atoms with Crippen molar-refractivity contribution >= 4 is 23.4 Å². The Kier molecular flexibility index (Phi) is 4.61. The summed E-state index contributed by atoms with van der Waals surface area (Å²) in [7, 11) is 0. The van der Waals surface area contributed by atoms with Crippen molar-refractivity contribution in [2.24, 2.45) is 5.92 Å². The number of carboxylic acid groups (broad SMARTS) is 1. The van der Waals surface area contributed by atoms with Gasteiger partial charge < -0.3 is 15.2 Å². The molecule has 19 heavy (non-hydrogen) atoms. The number of nitrogens with zero attached hydrogens (tertiary/aromatic N) is 1. The van der Waals surface area contributed by atoms with E-state index in [2.05, 4.69) is 17.2 Å². The number of hydrogen-bond acceptors (Lipinski definition) is 4. The lowest BCUT2D eigenvalue weighted by molar-refractivity contribution is 0.0696. The average molecular weight is 285 g/mol. The maximum atomic E-state index is 10.9. The molecule has 1 aliphatic heterocycles. The van der Waals surface area contributed by atoms with Crippen LogP contribution in [0.3, 0.4) is 0 Å². The fourth-order valence-corrected chi connectivity index (χ4v) is 2.53. The summed E-state index contributed by atoms with van der Waals surface area (Å²) in [6, 6.07) is 2.83. The minimum Gasteiger partial charge on any atom is -0.478 e. The third-order valence-corrected chi connectivity index (χ3v) is 3.53. The normalized spacial score (nSPS) is 22.4. The van der Waals surface area contributed by atoms with E-state index in [-0.39, 0.29) is 16.8 Å². The van der Waals surface area contributed by atoms with Gasteiger partial charge in [0.25, 0.3) is 0 Å². The van der Waals surface area contributed by atoms with E-state index in [9.17, 15) is 4.79 Å². The van der Waals surface area contributed by atoms with Gasteiger partial charge in [-0.05, 0) is 25.0 Å². The van der Waals surface area contributed by atoms with Gasteiger partial charge in [0.2, 0.25) is 0 Å². The molecule has 5 nitrogen and oxygen atoms in total. The van der Waals surface area contributed by atoms with Crippen molar-refractivity contribution in [1.29, 1.82) is 0 Å². The van der Waals surface area contributed by atoms with Crippen molar-refractivity contribution in [3.05, 3.63) is 22.8 Å². The van der Waals surface area contributed by atoms with Crippen LogP contribution in [0.4, 0.5) is 5.82 Å². The van der Waals surface area contributed by atoms with Gasteiger partial charge in [-0.25, -0.2) is 9.78 Å². The molecule has 1 fully saturated rings. The van der Waals surface area contributed by atoms with Crippen LogP contribution in [-0.2, 0) is 4.74 Å². The molecular weight excluding hydrogens is 268 g/mol. The predicted octanol–water partition coefficient (Wildman–Crippen LogP) is 2.66. The molecular formula is C13H17ClN2O3. The zero-order valence-electron chi connectivity index (χ0n) is 10.7. The van der Waals surface area contributed by atoms with E-state index in [1.165, 1.54) is 12.1 Å². The number of nitrogens with one attached hydrogen (secondary N) is 1. The molecule has 6 heteroatoms. The van der Waals surface area contributed by atoms with Gasteiger partial charge in [0, 0.05) is 19.1 Å². The number of carbonyl (C=O) groups is 1. The molecule has 1 aliphatic rings. The second-order valence-electron chi connectivity index (χ2n) is 4.62. The molecule has 0 aromatic carbocycles. The zero-order valence-corrected chi connectivity index (χ0v) is 11.5. The van der Waals surface area contributed by atoms with E-state index in [1.54, 1.807) is 0 Å². The fourth-order valence-electron chi connectivity index (χ4n) is 2.32. The van der Waals surface area contributed by atoms with Gasteiger partial charge in [0.05, 0.1) is 11.7 Å². The summed E-state index contributed by atoms with van der Waals surface area (Å²) in [6.07, 6.45) is 2.26. The number of ether oxygens (including phenoxy) is 1. The summed E-state index contributed by atoms with van der Waals surface area (Å²) in [5.74, 6) is -0.0892. The minimum atomic E-state index is -1.01. The minimum absolute atomic E-state index is 0.136. The highest BCUT2D eigenvalue weighted by molar-refractivity contribution is 6.29. The molecule has 1 saturated heterocycles. The summed E-state index contributed by atoms with van der Waals surface area (Å²) in [5, 5.41) is 12.3. The van der Waals surface area contributed by atoms with Gasteiger partial charge in [-0.3, -0.25) is 0 Å². The van der Waals surface area contributed by atoms with Crippen molar-refractivity contribution in [2.75, 3.05) is 18.5 Å². The van der Waals surface area contributed by atoms with Crippen LogP contribution in [0.5, 0.6) is 0 Å². The molecule has 2 rings (SSSR count). The zero-order chi connectivity index (χ0) is 13.8. The Bertz CT molecular complexity index is 467. The summed E-state index contributed by atoms with van der Waals surface area (Å²) >= 11 is 5.81. The van der Waals surface area contributed by atoms with Crippen LogP contribution in [-0.4, -0.2) is 35.3 Å². The second kappa shape index (κ2) is 6.21. The topological polar surface area (TPSA) is 71.5 Å². The largest absolute Gasteiger partial charge is 0.478 e. The molecule has 1 aromatic heterocycles. The molecule has 0 saturated carbocycles. The maximum absolute atomic E-state index is 10.9. The Labute approximate surface area is 116 Å². The number of rotatable bonds is 5. The Morgan fingerprint density at radius 3 is 3.11 bits per heavy atom. The van der Waals surface area contributed by atoms with Gasteiger partial charge in [-0.2, -0.15) is 0 Å². The van der Waals surface area contributed by atoms with E-state index in [1.807, 2.05) is 0 Å². The van der Waals surface area contributed by atoms with Crippen LogP contribution in [0, 0.1) is 5.92 Å². The first-order valence-corrected chi connectivity index (χ1v) is 6.74. The van der Waals surface area contributed by atoms with E-state index < -0.39 is 5.97 Å². The molecule has 1 aromatic rings. The van der Waals surface area contributed by atoms with E-state index >= 15 is 0 Å². The van der Waals surface area contributed by atoms with Crippen molar-refractivity contribution in [2.45, 2.75) is 25.9 Å². The molecule has 2 unspecified atom stereocenters. The number of aromatic nitrogens is 1. The Morgan fingerprint density at radius 1 is 1.63 bits per heavy atom. The first-order chi connectivity index (χ1) is 9.10. The van der Waals surface area contributed by atoms with E-state index in [0.717, 1.165) is 19.4 Å². The highest BCUT2D eigenvalue weighted by atomic mass is 35.5. The van der Waals surface area contributed by atoms with Gasteiger partial charge >= 0.3 is 5.97 Å². The summed E-state index contributed by atoms with van der Waals surface area (Å²) in [5.41, 5.74) is 0.136. The maximum Gasteiger partial charge on any atom is 0.335 e. The van der Waals surface area contributed by atoms with Crippen LogP contribution >= 0.6 is 11.6 Å². The van der Waals surface area contributed by atoms with Crippen LogP contribution in [0.15, 0.2) is 12.1 Å². The first-order valence-electron chi connectivity index (χ1n) is 6.36. The van der Waals surface area contributed by atoms with Crippen LogP contribution in [0.2, 0.25) is 5.15 Å². The predicted molar refractivity (Wildman–Crippen MR) is 72.8 cm³/mol. The standard InChI is InChI=1S/C13H17ClN2O3/c1-2-10-8(3-4-19-10)7-15-12-6-9(13(17)18)5-11(14)16-12/h5-6,8,10H,2-4,7H2,1H3,(H,15,16)(H,17,18). The van der Waals surface area contributed by atoms with E-state index in [4.69, 9.17) is 21.4 Å². The average Bonchev–Trinajstić information content (AvgIpc) is 2.83. The number of hydrogen-bond donors (Lipinski definition) is 2. The Morgan fingerprint density at radius 2 is 2.42 bits per heavy atom. The highest BCUT2D eigenvalue weighted by Gasteiger charge is 2.26. The smallest absolute Gasteiger partial charge is 0.335 e. The summed E-state index contributed by atoms with van der Waals surface area (Å²) < 4.78 is 5.61. The molecule has 2 atom stereocenters.